The Labute approximate surface area is 213 Å². The van der Waals surface area contributed by atoms with E-state index in [1.165, 1.54) is 44.2 Å². The van der Waals surface area contributed by atoms with Crippen molar-refractivity contribution >= 4 is 5.71 Å². The molecule has 3 saturated carbocycles. The first kappa shape index (κ1) is 25.5. The third-order valence-corrected chi connectivity index (χ3v) is 11.1. The van der Waals surface area contributed by atoms with Crippen LogP contribution in [0.25, 0.3) is 0 Å². The fraction of sp³-hybridized carbons (Fsp3) is 0.839. The van der Waals surface area contributed by atoms with Crippen LogP contribution < -0.4 is 0 Å². The second-order valence-corrected chi connectivity index (χ2v) is 12.8. The summed E-state index contributed by atoms with van der Waals surface area (Å²) in [6, 6.07) is 0. The van der Waals surface area contributed by atoms with Crippen molar-refractivity contribution in [1.29, 1.82) is 0 Å². The van der Waals surface area contributed by atoms with Gasteiger partial charge in [0.15, 0.2) is 6.29 Å². The predicted molar refractivity (Wildman–Crippen MR) is 142 cm³/mol. The van der Waals surface area contributed by atoms with Crippen LogP contribution in [0.3, 0.4) is 0 Å². The van der Waals surface area contributed by atoms with Crippen LogP contribution in [-0.2, 0) is 14.3 Å². The third-order valence-electron chi connectivity index (χ3n) is 11.1. The van der Waals surface area contributed by atoms with E-state index in [1.807, 2.05) is 6.92 Å². The Kier molecular flexibility index (Phi) is 7.27. The van der Waals surface area contributed by atoms with E-state index in [9.17, 15) is 0 Å². The van der Waals surface area contributed by atoms with Crippen LogP contribution in [0, 0.1) is 40.4 Å². The average molecular weight is 484 g/mol. The minimum Gasteiger partial charge on any atom is -0.396 e. The Morgan fingerprint density at radius 3 is 2.69 bits per heavy atom. The highest BCUT2D eigenvalue weighted by Crippen LogP contribution is 2.66. The van der Waals surface area contributed by atoms with E-state index in [0.29, 0.717) is 29.3 Å². The van der Waals surface area contributed by atoms with Crippen LogP contribution in [0.1, 0.15) is 99.3 Å². The number of oxime groups is 1. The lowest BCUT2D eigenvalue weighted by molar-refractivity contribution is -0.188. The lowest BCUT2D eigenvalue weighted by Gasteiger charge is -2.58. The Hall–Kier alpha value is -1.13. The summed E-state index contributed by atoms with van der Waals surface area (Å²) in [7, 11) is 0. The zero-order valence-corrected chi connectivity index (χ0v) is 23.1. The van der Waals surface area contributed by atoms with Gasteiger partial charge in [0.05, 0.1) is 17.9 Å². The van der Waals surface area contributed by atoms with Crippen LogP contribution in [-0.4, -0.2) is 30.8 Å². The van der Waals surface area contributed by atoms with Crippen LogP contribution in [0.5, 0.6) is 0 Å². The van der Waals surface area contributed by atoms with Gasteiger partial charge in [0.25, 0.3) is 0 Å². The number of nitrogens with zero attached hydrogens (tertiary/aromatic N) is 1. The fourth-order valence-corrected chi connectivity index (χ4v) is 9.13. The molecule has 4 unspecified atom stereocenters. The van der Waals surface area contributed by atoms with Crippen molar-refractivity contribution in [2.24, 2.45) is 45.6 Å². The molecule has 4 aliphatic carbocycles. The van der Waals surface area contributed by atoms with Crippen LogP contribution in [0.2, 0.25) is 0 Å². The van der Waals surface area contributed by atoms with Gasteiger partial charge < -0.3 is 14.3 Å². The molecule has 196 valence electrons. The topological polar surface area (TPSA) is 40.0 Å². The molecule has 5 aliphatic rings. The summed E-state index contributed by atoms with van der Waals surface area (Å²) in [5, 5.41) is 4.49. The summed E-state index contributed by atoms with van der Waals surface area (Å²) in [6.45, 7) is 14.5. The highest BCUT2D eigenvalue weighted by Gasteiger charge is 2.59. The first-order valence-corrected chi connectivity index (χ1v) is 14.6. The van der Waals surface area contributed by atoms with E-state index in [2.05, 4.69) is 58.0 Å². The van der Waals surface area contributed by atoms with Crippen molar-refractivity contribution in [3.05, 3.63) is 23.8 Å². The number of hydrogen-bond donors (Lipinski definition) is 0. The zero-order valence-electron chi connectivity index (χ0n) is 23.1. The summed E-state index contributed by atoms with van der Waals surface area (Å²) in [6.07, 6.45) is 18.6. The zero-order chi connectivity index (χ0) is 24.8. The minimum absolute atomic E-state index is 0.171. The van der Waals surface area contributed by atoms with E-state index < -0.39 is 0 Å². The van der Waals surface area contributed by atoms with Crippen molar-refractivity contribution in [2.45, 2.75) is 118 Å². The third kappa shape index (κ3) is 4.45. The summed E-state index contributed by atoms with van der Waals surface area (Å²) >= 11 is 0. The standard InChI is InChI=1S/C31H49NO3/c1-7-28-20(3)9-14-29(35-28)34-23-15-17-30(5)22(19-23)10-11-24-26-13-12-25(21(4)32-33-8-2)31(26,6)18-16-27(24)30/h9-10,14,20,23-29H,7-8,11-13,15-19H2,1-6H3/b32-21+/t20-,23-,24?,25+,26?,27?,28+,29?,30-,31+/m0/s1. The van der Waals surface area contributed by atoms with Crippen LogP contribution in [0.15, 0.2) is 29.0 Å². The molecule has 10 atom stereocenters. The lowest BCUT2D eigenvalue weighted by Crippen LogP contribution is -2.51. The minimum atomic E-state index is -0.171. The molecule has 0 N–H and O–H groups in total. The summed E-state index contributed by atoms with van der Waals surface area (Å²) in [5.74, 6) is 3.52. The molecule has 1 aliphatic heterocycles. The van der Waals surface area contributed by atoms with Gasteiger partial charge in [0.1, 0.15) is 6.61 Å². The van der Waals surface area contributed by atoms with Gasteiger partial charge in [-0.15, -0.1) is 0 Å². The number of ether oxygens (including phenoxy) is 2. The van der Waals surface area contributed by atoms with Gasteiger partial charge in [0, 0.05) is 11.8 Å². The summed E-state index contributed by atoms with van der Waals surface area (Å²) in [4.78, 5) is 5.46. The molecular weight excluding hydrogens is 434 g/mol. The molecule has 0 spiro atoms. The number of fused-ring (bicyclic) bond motifs is 5. The van der Waals surface area contributed by atoms with Crippen molar-refractivity contribution in [2.75, 3.05) is 6.61 Å². The van der Waals surface area contributed by atoms with Crippen molar-refractivity contribution in [1.82, 2.24) is 0 Å². The molecule has 3 fully saturated rings. The molecule has 0 amide bonds. The maximum Gasteiger partial charge on any atom is 0.177 e. The Balaban J connectivity index is 1.28. The van der Waals surface area contributed by atoms with E-state index in [-0.39, 0.29) is 18.5 Å². The lowest BCUT2D eigenvalue weighted by atomic mass is 9.47. The molecule has 5 rings (SSSR count). The van der Waals surface area contributed by atoms with Gasteiger partial charge in [-0.05, 0) is 106 Å². The highest BCUT2D eigenvalue weighted by atomic mass is 16.7. The Morgan fingerprint density at radius 1 is 1.09 bits per heavy atom. The Bertz CT molecular complexity index is 863. The van der Waals surface area contributed by atoms with Gasteiger partial charge in [-0.25, -0.2) is 0 Å². The maximum absolute atomic E-state index is 6.53. The number of hydrogen-bond acceptors (Lipinski definition) is 4. The molecule has 0 aromatic carbocycles. The monoisotopic (exact) mass is 483 g/mol. The molecule has 4 heteroatoms. The van der Waals surface area contributed by atoms with E-state index in [0.717, 1.165) is 37.0 Å². The molecule has 1 heterocycles. The highest BCUT2D eigenvalue weighted by molar-refractivity contribution is 5.85. The van der Waals surface area contributed by atoms with Crippen molar-refractivity contribution in [3.8, 4) is 0 Å². The van der Waals surface area contributed by atoms with Crippen molar-refractivity contribution in [3.63, 3.8) is 0 Å². The quantitative estimate of drug-likeness (QED) is 0.221. The van der Waals surface area contributed by atoms with Gasteiger partial charge in [-0.3, -0.25) is 0 Å². The molecule has 0 bridgehead atoms. The summed E-state index contributed by atoms with van der Waals surface area (Å²) in [5.41, 5.74) is 3.64. The van der Waals surface area contributed by atoms with Crippen LogP contribution in [0.4, 0.5) is 0 Å². The van der Waals surface area contributed by atoms with Crippen LogP contribution >= 0.6 is 0 Å². The van der Waals surface area contributed by atoms with Crippen molar-refractivity contribution < 1.29 is 14.3 Å². The molecular formula is C31H49NO3. The predicted octanol–water partition coefficient (Wildman–Crippen LogP) is 7.69. The van der Waals surface area contributed by atoms with E-state index >= 15 is 0 Å². The van der Waals surface area contributed by atoms with Gasteiger partial charge in [-0.2, -0.15) is 0 Å². The first-order chi connectivity index (χ1) is 16.8. The fourth-order valence-electron chi connectivity index (χ4n) is 9.13. The van der Waals surface area contributed by atoms with Gasteiger partial charge in [0.2, 0.25) is 0 Å². The molecule has 0 aromatic heterocycles. The molecule has 0 aromatic rings. The molecule has 35 heavy (non-hydrogen) atoms. The second kappa shape index (κ2) is 9.97. The summed E-state index contributed by atoms with van der Waals surface area (Å²) < 4.78 is 12.8. The SMILES string of the molecule is CCO/N=C(\C)[C@H]1CCC2C3CC=C4C[C@@H](OC5C=C[C@H](C)[C@@H](CC)O5)CC[C@]4(C)C3CC[C@@]21C. The normalized spacial score (nSPS) is 47.5. The maximum atomic E-state index is 6.53. The molecule has 0 radical (unpaired) electrons. The second-order valence-electron chi connectivity index (χ2n) is 12.8. The van der Waals surface area contributed by atoms with E-state index in [4.69, 9.17) is 14.3 Å². The van der Waals surface area contributed by atoms with Gasteiger partial charge in [-0.1, -0.05) is 50.6 Å². The Morgan fingerprint density at radius 2 is 1.91 bits per heavy atom. The first-order valence-electron chi connectivity index (χ1n) is 14.6. The smallest absolute Gasteiger partial charge is 0.177 e. The number of allylic oxidation sites excluding steroid dienone is 1. The number of rotatable bonds is 6. The average Bonchev–Trinajstić information content (AvgIpc) is 3.21. The molecule has 0 saturated heterocycles. The largest absolute Gasteiger partial charge is 0.396 e. The molecule has 4 nitrogen and oxygen atoms in total. The van der Waals surface area contributed by atoms with E-state index in [1.54, 1.807) is 5.57 Å². The van der Waals surface area contributed by atoms with Gasteiger partial charge >= 0.3 is 0 Å².